The van der Waals surface area contributed by atoms with Crippen LogP contribution in [-0.2, 0) is 4.79 Å². The van der Waals surface area contributed by atoms with Gasteiger partial charge < -0.3 is 10.6 Å². The van der Waals surface area contributed by atoms with Gasteiger partial charge in [-0.05, 0) is 50.5 Å². The highest BCUT2D eigenvalue weighted by Crippen LogP contribution is 2.35. The highest BCUT2D eigenvalue weighted by Gasteiger charge is 2.38. The SMILES string of the molecule is CC(C)CCN(C(=O)C1CCCCC1CN)C1CC1. The van der Waals surface area contributed by atoms with Crippen molar-refractivity contribution in [3.63, 3.8) is 0 Å². The zero-order valence-corrected chi connectivity index (χ0v) is 12.6. The van der Waals surface area contributed by atoms with Gasteiger partial charge in [0.1, 0.15) is 0 Å². The Morgan fingerprint density at radius 1 is 1.21 bits per heavy atom. The van der Waals surface area contributed by atoms with E-state index in [1.807, 2.05) is 0 Å². The molecule has 2 fully saturated rings. The molecule has 2 rings (SSSR count). The van der Waals surface area contributed by atoms with Crippen molar-refractivity contribution >= 4 is 5.91 Å². The lowest BCUT2D eigenvalue weighted by Crippen LogP contribution is -2.44. The molecular weight excluding hydrogens is 236 g/mol. The second kappa shape index (κ2) is 6.74. The molecule has 3 nitrogen and oxygen atoms in total. The largest absolute Gasteiger partial charge is 0.339 e. The minimum atomic E-state index is 0.214. The fraction of sp³-hybridized carbons (Fsp3) is 0.938. The van der Waals surface area contributed by atoms with Gasteiger partial charge in [0.05, 0.1) is 0 Å². The lowest BCUT2D eigenvalue weighted by atomic mass is 9.78. The molecule has 3 heteroatoms. The number of rotatable bonds is 6. The Bertz CT molecular complexity index is 299. The molecule has 110 valence electrons. The van der Waals surface area contributed by atoms with Crippen molar-refractivity contribution < 1.29 is 4.79 Å². The fourth-order valence-electron chi connectivity index (χ4n) is 3.28. The third kappa shape index (κ3) is 3.95. The normalized spacial score (nSPS) is 27.6. The van der Waals surface area contributed by atoms with E-state index in [-0.39, 0.29) is 5.92 Å². The molecule has 0 bridgehead atoms. The lowest BCUT2D eigenvalue weighted by Gasteiger charge is -2.34. The third-order valence-corrected chi connectivity index (χ3v) is 4.75. The Labute approximate surface area is 117 Å². The van der Waals surface area contributed by atoms with Crippen molar-refractivity contribution in [2.24, 2.45) is 23.5 Å². The van der Waals surface area contributed by atoms with Crippen LogP contribution < -0.4 is 5.73 Å². The van der Waals surface area contributed by atoms with Gasteiger partial charge in [0.15, 0.2) is 0 Å². The predicted octanol–water partition coefficient (Wildman–Crippen LogP) is 2.79. The van der Waals surface area contributed by atoms with Crippen LogP contribution in [0, 0.1) is 17.8 Å². The van der Waals surface area contributed by atoms with E-state index in [1.54, 1.807) is 0 Å². The van der Waals surface area contributed by atoms with Crippen LogP contribution in [0.15, 0.2) is 0 Å². The van der Waals surface area contributed by atoms with Crippen LogP contribution in [-0.4, -0.2) is 29.9 Å². The van der Waals surface area contributed by atoms with Crippen LogP contribution in [0.1, 0.15) is 58.8 Å². The zero-order chi connectivity index (χ0) is 13.8. The summed E-state index contributed by atoms with van der Waals surface area (Å²) in [6.07, 6.45) is 8.22. The van der Waals surface area contributed by atoms with Gasteiger partial charge >= 0.3 is 0 Å². The number of nitrogens with zero attached hydrogens (tertiary/aromatic N) is 1. The van der Waals surface area contributed by atoms with E-state index in [4.69, 9.17) is 5.73 Å². The molecule has 2 saturated carbocycles. The molecule has 0 saturated heterocycles. The van der Waals surface area contributed by atoms with Crippen molar-refractivity contribution in [1.82, 2.24) is 4.90 Å². The van der Waals surface area contributed by atoms with E-state index in [0.29, 0.717) is 30.3 Å². The molecule has 0 radical (unpaired) electrons. The first-order chi connectivity index (χ1) is 9.13. The van der Waals surface area contributed by atoms with Gasteiger partial charge in [0.2, 0.25) is 5.91 Å². The molecule has 2 atom stereocenters. The number of hydrogen-bond acceptors (Lipinski definition) is 2. The van der Waals surface area contributed by atoms with Gasteiger partial charge in [-0.25, -0.2) is 0 Å². The van der Waals surface area contributed by atoms with Gasteiger partial charge in [0.25, 0.3) is 0 Å². The molecule has 19 heavy (non-hydrogen) atoms. The summed E-state index contributed by atoms with van der Waals surface area (Å²) >= 11 is 0. The molecule has 0 aromatic carbocycles. The standard InChI is InChI=1S/C16H30N2O/c1-12(2)9-10-18(14-7-8-14)16(19)15-6-4-3-5-13(15)11-17/h12-15H,3-11,17H2,1-2H3. The monoisotopic (exact) mass is 266 g/mol. The minimum Gasteiger partial charge on any atom is -0.339 e. The predicted molar refractivity (Wildman–Crippen MR) is 78.7 cm³/mol. The van der Waals surface area contributed by atoms with Gasteiger partial charge in [-0.3, -0.25) is 4.79 Å². The second-order valence-corrected chi connectivity index (χ2v) is 6.83. The van der Waals surface area contributed by atoms with E-state index in [9.17, 15) is 4.79 Å². The minimum absolute atomic E-state index is 0.214. The fourth-order valence-corrected chi connectivity index (χ4v) is 3.28. The summed E-state index contributed by atoms with van der Waals surface area (Å²) in [7, 11) is 0. The molecule has 1 amide bonds. The Morgan fingerprint density at radius 3 is 2.47 bits per heavy atom. The number of carbonyl (C=O) groups excluding carboxylic acids is 1. The average Bonchev–Trinajstić information content (AvgIpc) is 3.23. The van der Waals surface area contributed by atoms with Crippen LogP contribution in [0.5, 0.6) is 0 Å². The molecule has 0 spiro atoms. The maximum Gasteiger partial charge on any atom is 0.226 e. The van der Waals surface area contributed by atoms with Crippen molar-refractivity contribution in [2.45, 2.75) is 64.8 Å². The maximum atomic E-state index is 12.8. The maximum absolute atomic E-state index is 12.8. The summed E-state index contributed by atoms with van der Waals surface area (Å²) in [4.78, 5) is 15.0. The molecule has 2 unspecified atom stereocenters. The van der Waals surface area contributed by atoms with E-state index in [1.165, 1.54) is 25.7 Å². The molecule has 2 N–H and O–H groups in total. The summed E-state index contributed by atoms with van der Waals surface area (Å²) in [5, 5.41) is 0. The van der Waals surface area contributed by atoms with E-state index in [0.717, 1.165) is 25.8 Å². The summed E-state index contributed by atoms with van der Waals surface area (Å²) in [6, 6.07) is 0.548. The van der Waals surface area contributed by atoms with Gasteiger partial charge in [-0.1, -0.05) is 26.7 Å². The first-order valence-corrected chi connectivity index (χ1v) is 8.14. The van der Waals surface area contributed by atoms with Crippen molar-refractivity contribution in [3.05, 3.63) is 0 Å². The Morgan fingerprint density at radius 2 is 1.89 bits per heavy atom. The Hall–Kier alpha value is -0.570. The van der Waals surface area contributed by atoms with Crippen LogP contribution >= 0.6 is 0 Å². The quantitative estimate of drug-likeness (QED) is 0.803. The summed E-state index contributed by atoms with van der Waals surface area (Å²) in [6.45, 7) is 6.10. The highest BCUT2D eigenvalue weighted by atomic mass is 16.2. The molecule has 0 heterocycles. The molecule has 0 aromatic rings. The van der Waals surface area contributed by atoms with Crippen molar-refractivity contribution in [2.75, 3.05) is 13.1 Å². The average molecular weight is 266 g/mol. The first kappa shape index (κ1) is 14.8. The van der Waals surface area contributed by atoms with E-state index >= 15 is 0 Å². The molecule has 0 aliphatic heterocycles. The molecule has 2 aliphatic carbocycles. The highest BCUT2D eigenvalue weighted by molar-refractivity contribution is 5.80. The zero-order valence-electron chi connectivity index (χ0n) is 12.6. The van der Waals surface area contributed by atoms with Gasteiger partial charge in [-0.15, -0.1) is 0 Å². The van der Waals surface area contributed by atoms with Crippen LogP contribution in [0.25, 0.3) is 0 Å². The lowest BCUT2D eigenvalue weighted by molar-refractivity contribution is -0.139. The van der Waals surface area contributed by atoms with Crippen LogP contribution in [0.3, 0.4) is 0 Å². The third-order valence-electron chi connectivity index (χ3n) is 4.75. The Kier molecular flexibility index (Phi) is 5.26. The number of amides is 1. The number of nitrogens with two attached hydrogens (primary N) is 1. The Balaban J connectivity index is 1.97. The van der Waals surface area contributed by atoms with Gasteiger partial charge in [-0.2, -0.15) is 0 Å². The van der Waals surface area contributed by atoms with E-state index < -0.39 is 0 Å². The topological polar surface area (TPSA) is 46.3 Å². The van der Waals surface area contributed by atoms with Crippen LogP contribution in [0.2, 0.25) is 0 Å². The van der Waals surface area contributed by atoms with Crippen molar-refractivity contribution in [1.29, 1.82) is 0 Å². The first-order valence-electron chi connectivity index (χ1n) is 8.14. The van der Waals surface area contributed by atoms with E-state index in [2.05, 4.69) is 18.7 Å². The van der Waals surface area contributed by atoms with Gasteiger partial charge in [0, 0.05) is 18.5 Å². The molecule has 0 aromatic heterocycles. The van der Waals surface area contributed by atoms with Crippen LogP contribution in [0.4, 0.5) is 0 Å². The number of hydrogen-bond donors (Lipinski definition) is 1. The molecular formula is C16H30N2O. The second-order valence-electron chi connectivity index (χ2n) is 6.83. The molecule has 2 aliphatic rings. The van der Waals surface area contributed by atoms with Crippen molar-refractivity contribution in [3.8, 4) is 0 Å². The smallest absolute Gasteiger partial charge is 0.226 e. The number of carbonyl (C=O) groups is 1. The summed E-state index contributed by atoms with van der Waals surface area (Å²) in [5.41, 5.74) is 5.87. The summed E-state index contributed by atoms with van der Waals surface area (Å²) < 4.78 is 0. The summed E-state index contributed by atoms with van der Waals surface area (Å²) in [5.74, 6) is 1.73.